The SMILES string of the molecule is CNC(c1cc(Br)cs1)c1cc(F)ccc1OC. The van der Waals surface area contributed by atoms with E-state index < -0.39 is 0 Å². The lowest BCUT2D eigenvalue weighted by molar-refractivity contribution is 0.404. The van der Waals surface area contributed by atoms with Gasteiger partial charge in [-0.2, -0.15) is 0 Å². The largest absolute Gasteiger partial charge is 0.496 e. The molecule has 5 heteroatoms. The first-order chi connectivity index (χ1) is 8.65. The molecule has 0 spiro atoms. The number of benzene rings is 1. The Morgan fingerprint density at radius 2 is 2.17 bits per heavy atom. The Kier molecular flexibility index (Phi) is 4.37. The van der Waals surface area contributed by atoms with Crippen LogP contribution in [0.5, 0.6) is 5.75 Å². The molecule has 0 aliphatic carbocycles. The highest BCUT2D eigenvalue weighted by atomic mass is 79.9. The quantitative estimate of drug-likeness (QED) is 0.916. The third kappa shape index (κ3) is 2.74. The summed E-state index contributed by atoms with van der Waals surface area (Å²) in [6.07, 6.45) is 0. The van der Waals surface area contributed by atoms with Gasteiger partial charge in [-0.25, -0.2) is 4.39 Å². The lowest BCUT2D eigenvalue weighted by atomic mass is 10.0. The van der Waals surface area contributed by atoms with Crippen LogP contribution in [0.15, 0.2) is 34.1 Å². The highest BCUT2D eigenvalue weighted by Crippen LogP contribution is 2.34. The van der Waals surface area contributed by atoms with Gasteiger partial charge in [-0.3, -0.25) is 0 Å². The van der Waals surface area contributed by atoms with Gasteiger partial charge in [-0.1, -0.05) is 0 Å². The van der Waals surface area contributed by atoms with Crippen molar-refractivity contribution in [1.29, 1.82) is 0 Å². The maximum Gasteiger partial charge on any atom is 0.124 e. The van der Waals surface area contributed by atoms with E-state index in [1.165, 1.54) is 12.1 Å². The molecule has 96 valence electrons. The van der Waals surface area contributed by atoms with Crippen LogP contribution in [-0.2, 0) is 0 Å². The van der Waals surface area contributed by atoms with Crippen LogP contribution in [0.4, 0.5) is 4.39 Å². The second kappa shape index (κ2) is 5.82. The minimum Gasteiger partial charge on any atom is -0.496 e. The van der Waals surface area contributed by atoms with Gasteiger partial charge in [-0.05, 0) is 47.2 Å². The predicted octanol–water partition coefficient (Wildman–Crippen LogP) is 3.97. The summed E-state index contributed by atoms with van der Waals surface area (Å²) in [7, 11) is 3.44. The molecule has 1 aromatic heterocycles. The van der Waals surface area contributed by atoms with Crippen molar-refractivity contribution >= 4 is 27.3 Å². The zero-order chi connectivity index (χ0) is 13.1. The van der Waals surface area contributed by atoms with E-state index >= 15 is 0 Å². The van der Waals surface area contributed by atoms with Gasteiger partial charge in [0.2, 0.25) is 0 Å². The van der Waals surface area contributed by atoms with Crippen molar-refractivity contribution in [2.45, 2.75) is 6.04 Å². The third-order valence-electron chi connectivity index (χ3n) is 2.66. The van der Waals surface area contributed by atoms with Crippen molar-refractivity contribution in [3.8, 4) is 5.75 Å². The highest BCUT2D eigenvalue weighted by molar-refractivity contribution is 9.10. The highest BCUT2D eigenvalue weighted by Gasteiger charge is 2.18. The average Bonchev–Trinajstić information content (AvgIpc) is 2.77. The molecular weight excluding hydrogens is 317 g/mol. The molecule has 0 bridgehead atoms. The van der Waals surface area contributed by atoms with Crippen LogP contribution in [0.3, 0.4) is 0 Å². The molecule has 2 rings (SSSR count). The van der Waals surface area contributed by atoms with Gasteiger partial charge in [0.05, 0.1) is 13.2 Å². The number of methoxy groups -OCH3 is 1. The summed E-state index contributed by atoms with van der Waals surface area (Å²) in [5, 5.41) is 5.20. The topological polar surface area (TPSA) is 21.3 Å². The van der Waals surface area contributed by atoms with Gasteiger partial charge in [0.25, 0.3) is 0 Å². The molecule has 1 N–H and O–H groups in total. The fraction of sp³-hybridized carbons (Fsp3) is 0.231. The molecule has 2 nitrogen and oxygen atoms in total. The summed E-state index contributed by atoms with van der Waals surface area (Å²) in [5.74, 6) is 0.418. The number of thiophene rings is 1. The van der Waals surface area contributed by atoms with Gasteiger partial charge in [0, 0.05) is 20.3 Å². The molecule has 2 aromatic rings. The van der Waals surface area contributed by atoms with Gasteiger partial charge < -0.3 is 10.1 Å². The van der Waals surface area contributed by atoms with Gasteiger partial charge >= 0.3 is 0 Å². The molecule has 0 saturated carbocycles. The standard InChI is InChI=1S/C13H13BrFNOS/c1-16-13(12-5-8(14)7-18-12)10-6-9(15)3-4-11(10)17-2/h3-7,13,16H,1-2H3. The fourth-order valence-electron chi connectivity index (χ4n) is 1.86. The Morgan fingerprint density at radius 1 is 1.39 bits per heavy atom. The van der Waals surface area contributed by atoms with Crippen LogP contribution in [0.25, 0.3) is 0 Å². The fourth-order valence-corrected chi connectivity index (χ4v) is 3.43. The van der Waals surface area contributed by atoms with Crippen molar-refractivity contribution in [2.75, 3.05) is 14.2 Å². The van der Waals surface area contributed by atoms with Crippen LogP contribution in [0.2, 0.25) is 0 Å². The first-order valence-corrected chi connectivity index (χ1v) is 7.07. The number of rotatable bonds is 4. The maximum absolute atomic E-state index is 13.4. The Labute approximate surface area is 118 Å². The molecule has 0 amide bonds. The number of hydrogen-bond donors (Lipinski definition) is 1. The van der Waals surface area contributed by atoms with E-state index in [1.54, 1.807) is 24.5 Å². The van der Waals surface area contributed by atoms with E-state index in [0.717, 1.165) is 14.9 Å². The van der Waals surface area contributed by atoms with E-state index in [0.29, 0.717) is 5.75 Å². The monoisotopic (exact) mass is 329 g/mol. The number of nitrogens with one attached hydrogen (secondary N) is 1. The molecule has 18 heavy (non-hydrogen) atoms. The zero-order valence-corrected chi connectivity index (χ0v) is 12.4. The van der Waals surface area contributed by atoms with E-state index in [9.17, 15) is 4.39 Å². The minimum absolute atomic E-state index is 0.0769. The lowest BCUT2D eigenvalue weighted by Crippen LogP contribution is -2.17. The number of halogens is 2. The Morgan fingerprint density at radius 3 is 2.72 bits per heavy atom. The van der Waals surface area contributed by atoms with Crippen LogP contribution >= 0.6 is 27.3 Å². The van der Waals surface area contributed by atoms with Gasteiger partial charge in [0.15, 0.2) is 0 Å². The normalized spacial score (nSPS) is 12.4. The average molecular weight is 330 g/mol. The van der Waals surface area contributed by atoms with E-state index in [2.05, 4.69) is 21.2 Å². The zero-order valence-electron chi connectivity index (χ0n) is 10.0. The van der Waals surface area contributed by atoms with Crippen molar-refractivity contribution < 1.29 is 9.13 Å². The van der Waals surface area contributed by atoms with Crippen molar-refractivity contribution in [3.05, 3.63) is 50.4 Å². The Bertz CT molecular complexity index is 544. The Hall–Kier alpha value is -0.910. The summed E-state index contributed by atoms with van der Waals surface area (Å²) in [4.78, 5) is 1.10. The van der Waals surface area contributed by atoms with Crippen molar-refractivity contribution in [2.24, 2.45) is 0 Å². The van der Waals surface area contributed by atoms with E-state index in [1.807, 2.05) is 18.5 Å². The Balaban J connectivity index is 2.47. The number of hydrogen-bond acceptors (Lipinski definition) is 3. The third-order valence-corrected chi connectivity index (χ3v) is 4.42. The maximum atomic E-state index is 13.4. The smallest absolute Gasteiger partial charge is 0.124 e. The molecule has 1 aromatic carbocycles. The summed E-state index contributed by atoms with van der Waals surface area (Å²) in [5.41, 5.74) is 0.800. The molecule has 0 aliphatic heterocycles. The van der Waals surface area contributed by atoms with E-state index in [4.69, 9.17) is 4.74 Å². The van der Waals surface area contributed by atoms with E-state index in [-0.39, 0.29) is 11.9 Å². The molecule has 0 fully saturated rings. The molecule has 0 radical (unpaired) electrons. The first kappa shape index (κ1) is 13.5. The summed E-state index contributed by atoms with van der Waals surface area (Å²) in [6.45, 7) is 0. The summed E-state index contributed by atoms with van der Waals surface area (Å²) in [6, 6.07) is 6.51. The second-order valence-electron chi connectivity index (χ2n) is 3.78. The van der Waals surface area contributed by atoms with Crippen LogP contribution < -0.4 is 10.1 Å². The molecule has 1 heterocycles. The van der Waals surface area contributed by atoms with Crippen LogP contribution in [0.1, 0.15) is 16.5 Å². The molecule has 0 aliphatic rings. The molecular formula is C13H13BrFNOS. The first-order valence-electron chi connectivity index (χ1n) is 5.40. The minimum atomic E-state index is -0.262. The lowest BCUT2D eigenvalue weighted by Gasteiger charge is -2.18. The molecule has 0 saturated heterocycles. The second-order valence-corrected chi connectivity index (χ2v) is 5.63. The van der Waals surface area contributed by atoms with Crippen molar-refractivity contribution in [1.82, 2.24) is 5.32 Å². The predicted molar refractivity (Wildman–Crippen MR) is 75.9 cm³/mol. The van der Waals surface area contributed by atoms with Gasteiger partial charge in [0.1, 0.15) is 11.6 Å². The summed E-state index contributed by atoms with van der Waals surface area (Å²) >= 11 is 5.04. The molecule has 1 atom stereocenters. The number of ether oxygens (including phenoxy) is 1. The van der Waals surface area contributed by atoms with Crippen LogP contribution in [-0.4, -0.2) is 14.2 Å². The van der Waals surface area contributed by atoms with Crippen molar-refractivity contribution in [3.63, 3.8) is 0 Å². The molecule has 1 unspecified atom stereocenters. The van der Waals surface area contributed by atoms with Gasteiger partial charge in [-0.15, -0.1) is 11.3 Å². The summed E-state index contributed by atoms with van der Waals surface area (Å²) < 4.78 is 19.7. The van der Waals surface area contributed by atoms with Crippen LogP contribution in [0, 0.1) is 5.82 Å².